The van der Waals surface area contributed by atoms with Gasteiger partial charge in [-0.3, -0.25) is 4.79 Å². The van der Waals surface area contributed by atoms with Crippen LogP contribution < -0.4 is 5.73 Å². The first-order valence-corrected chi connectivity index (χ1v) is 6.68. The summed E-state index contributed by atoms with van der Waals surface area (Å²) in [5.41, 5.74) is 6.19. The molecular formula is C11H15ClN2O3S. The number of hydrogen-bond acceptors (Lipinski definition) is 6. The molecule has 5 nitrogen and oxygen atoms in total. The first kappa shape index (κ1) is 15.2. The fraction of sp³-hybridized carbons (Fsp3) is 0.455. The predicted molar refractivity (Wildman–Crippen MR) is 72.4 cm³/mol. The van der Waals surface area contributed by atoms with Gasteiger partial charge in [-0.25, -0.2) is 4.98 Å². The van der Waals surface area contributed by atoms with Gasteiger partial charge in [-0.15, -0.1) is 0 Å². The van der Waals surface area contributed by atoms with Crippen LogP contribution in [0.4, 0.5) is 5.69 Å². The van der Waals surface area contributed by atoms with Gasteiger partial charge in [0.05, 0.1) is 18.0 Å². The van der Waals surface area contributed by atoms with E-state index < -0.39 is 12.2 Å². The predicted octanol–water partition coefficient (Wildman–Crippen LogP) is 1.38. The Morgan fingerprint density at radius 2 is 2.28 bits per heavy atom. The fourth-order valence-electron chi connectivity index (χ4n) is 1.38. The van der Waals surface area contributed by atoms with Crippen LogP contribution in [-0.2, 0) is 4.79 Å². The topological polar surface area (TPSA) is 96.4 Å². The van der Waals surface area contributed by atoms with Crippen LogP contribution in [0.2, 0.25) is 5.15 Å². The third-order valence-electron chi connectivity index (χ3n) is 2.29. The Bertz CT molecular complexity index is 431. The monoisotopic (exact) mass is 290 g/mol. The Morgan fingerprint density at radius 3 is 2.89 bits per heavy atom. The lowest BCUT2D eigenvalue weighted by atomic mass is 10.0. The highest BCUT2D eigenvalue weighted by Crippen LogP contribution is 2.27. The summed E-state index contributed by atoms with van der Waals surface area (Å²) in [6.45, 7) is 1.45. The standard InChI is InChI=1S/C11H15ClN2O3S/c1-6(15)18-3-2-9(16)10(17)8-4-7(13)5-14-11(8)12/h4-5,9-10,16-17H,2-3,13H2,1H3. The molecule has 0 fully saturated rings. The number of carbonyl (C=O) groups excluding carboxylic acids is 1. The zero-order valence-electron chi connectivity index (χ0n) is 9.84. The van der Waals surface area contributed by atoms with Gasteiger partial charge in [-0.2, -0.15) is 0 Å². The van der Waals surface area contributed by atoms with Gasteiger partial charge in [0, 0.05) is 18.2 Å². The van der Waals surface area contributed by atoms with E-state index >= 15 is 0 Å². The van der Waals surface area contributed by atoms with E-state index in [0.29, 0.717) is 11.4 Å². The molecule has 0 aliphatic rings. The third-order valence-corrected chi connectivity index (χ3v) is 3.45. The number of anilines is 1. The van der Waals surface area contributed by atoms with Gasteiger partial charge in [0.1, 0.15) is 11.3 Å². The lowest BCUT2D eigenvalue weighted by Crippen LogP contribution is -2.20. The fourth-order valence-corrected chi connectivity index (χ4v) is 2.24. The molecule has 0 aromatic carbocycles. The number of aliphatic hydroxyl groups is 2. The van der Waals surface area contributed by atoms with Crippen molar-refractivity contribution in [1.82, 2.24) is 4.98 Å². The van der Waals surface area contributed by atoms with Gasteiger partial charge in [0.2, 0.25) is 0 Å². The maximum atomic E-state index is 10.7. The van der Waals surface area contributed by atoms with Crippen LogP contribution >= 0.6 is 23.4 Å². The normalized spacial score (nSPS) is 14.2. The van der Waals surface area contributed by atoms with E-state index in [-0.39, 0.29) is 22.3 Å². The molecule has 0 radical (unpaired) electrons. The van der Waals surface area contributed by atoms with Gasteiger partial charge < -0.3 is 15.9 Å². The molecule has 0 bridgehead atoms. The van der Waals surface area contributed by atoms with Crippen molar-refractivity contribution >= 4 is 34.2 Å². The number of hydrogen-bond donors (Lipinski definition) is 3. The van der Waals surface area contributed by atoms with Crippen molar-refractivity contribution in [1.29, 1.82) is 0 Å². The molecule has 0 aliphatic heterocycles. The maximum Gasteiger partial charge on any atom is 0.185 e. The second-order valence-electron chi connectivity index (χ2n) is 3.79. The lowest BCUT2D eigenvalue weighted by molar-refractivity contribution is -0.109. The van der Waals surface area contributed by atoms with Gasteiger partial charge in [-0.05, 0) is 12.5 Å². The van der Waals surface area contributed by atoms with Crippen LogP contribution in [0.1, 0.15) is 25.0 Å². The molecular weight excluding hydrogens is 276 g/mol. The molecule has 1 aromatic heterocycles. The number of carbonyl (C=O) groups is 1. The number of halogens is 1. The summed E-state index contributed by atoms with van der Waals surface area (Å²) >= 11 is 6.92. The molecule has 1 aromatic rings. The van der Waals surface area contributed by atoms with E-state index in [2.05, 4.69) is 4.98 Å². The smallest absolute Gasteiger partial charge is 0.185 e. The van der Waals surface area contributed by atoms with Gasteiger partial charge in [0.25, 0.3) is 0 Å². The highest BCUT2D eigenvalue weighted by molar-refractivity contribution is 8.13. The minimum atomic E-state index is -1.17. The quantitative estimate of drug-likeness (QED) is 0.709. The summed E-state index contributed by atoms with van der Waals surface area (Å²) in [6, 6.07) is 1.47. The minimum absolute atomic E-state index is 0.0275. The molecule has 18 heavy (non-hydrogen) atoms. The second kappa shape index (κ2) is 6.94. The number of pyridine rings is 1. The van der Waals surface area contributed by atoms with E-state index in [1.165, 1.54) is 19.2 Å². The number of nitrogens with zero attached hydrogens (tertiary/aromatic N) is 1. The van der Waals surface area contributed by atoms with E-state index in [4.69, 9.17) is 17.3 Å². The van der Waals surface area contributed by atoms with Crippen molar-refractivity contribution in [3.63, 3.8) is 0 Å². The summed E-state index contributed by atoms with van der Waals surface area (Å²) in [4.78, 5) is 14.5. The Labute approximate surface area is 114 Å². The second-order valence-corrected chi connectivity index (χ2v) is 5.42. The number of aromatic nitrogens is 1. The average molecular weight is 291 g/mol. The van der Waals surface area contributed by atoms with Gasteiger partial charge >= 0.3 is 0 Å². The van der Waals surface area contributed by atoms with Crippen LogP contribution in [0.3, 0.4) is 0 Å². The van der Waals surface area contributed by atoms with Crippen molar-refractivity contribution in [3.05, 3.63) is 23.0 Å². The first-order valence-electron chi connectivity index (χ1n) is 5.32. The number of rotatable bonds is 5. The molecule has 0 spiro atoms. The van der Waals surface area contributed by atoms with Crippen LogP contribution in [-0.4, -0.2) is 32.2 Å². The maximum absolute atomic E-state index is 10.7. The molecule has 0 aliphatic carbocycles. The molecule has 4 N–H and O–H groups in total. The minimum Gasteiger partial charge on any atom is -0.397 e. The molecule has 2 unspecified atom stereocenters. The molecule has 0 saturated carbocycles. The molecule has 0 saturated heterocycles. The Kier molecular flexibility index (Phi) is 5.87. The Morgan fingerprint density at radius 1 is 1.61 bits per heavy atom. The first-order chi connectivity index (χ1) is 8.41. The zero-order valence-corrected chi connectivity index (χ0v) is 11.4. The van der Waals surface area contributed by atoms with Crippen LogP contribution in [0, 0.1) is 0 Å². The largest absolute Gasteiger partial charge is 0.397 e. The van der Waals surface area contributed by atoms with E-state index in [1.807, 2.05) is 0 Å². The summed E-state index contributed by atoms with van der Waals surface area (Å²) in [5.74, 6) is 0.431. The molecule has 1 rings (SSSR count). The highest BCUT2D eigenvalue weighted by Gasteiger charge is 2.21. The van der Waals surface area contributed by atoms with Gasteiger partial charge in [-0.1, -0.05) is 23.4 Å². The van der Waals surface area contributed by atoms with E-state index in [9.17, 15) is 15.0 Å². The van der Waals surface area contributed by atoms with Crippen LogP contribution in [0.25, 0.3) is 0 Å². The molecule has 0 amide bonds. The summed E-state index contributed by atoms with van der Waals surface area (Å²) < 4.78 is 0. The average Bonchev–Trinajstić information content (AvgIpc) is 2.30. The SMILES string of the molecule is CC(=O)SCCC(O)C(O)c1cc(N)cnc1Cl. The van der Waals surface area contributed by atoms with Crippen LogP contribution in [0.15, 0.2) is 12.3 Å². The van der Waals surface area contributed by atoms with Crippen molar-refractivity contribution in [2.75, 3.05) is 11.5 Å². The number of aliphatic hydroxyl groups excluding tert-OH is 2. The number of thioether (sulfide) groups is 1. The van der Waals surface area contributed by atoms with Crippen molar-refractivity contribution in [2.45, 2.75) is 25.6 Å². The molecule has 7 heteroatoms. The Hall–Kier alpha value is -0.820. The van der Waals surface area contributed by atoms with Gasteiger partial charge in [0.15, 0.2) is 5.12 Å². The lowest BCUT2D eigenvalue weighted by Gasteiger charge is -2.18. The third kappa shape index (κ3) is 4.45. The molecule has 1 heterocycles. The summed E-state index contributed by atoms with van der Waals surface area (Å²) in [6.07, 6.45) is -0.536. The Balaban J connectivity index is 2.64. The zero-order chi connectivity index (χ0) is 13.7. The summed E-state index contributed by atoms with van der Waals surface area (Å²) in [7, 11) is 0. The van der Waals surface area contributed by atoms with Crippen LogP contribution in [0.5, 0.6) is 0 Å². The number of nitrogens with two attached hydrogens (primary N) is 1. The van der Waals surface area contributed by atoms with Crippen molar-refractivity contribution in [3.8, 4) is 0 Å². The summed E-state index contributed by atoms with van der Waals surface area (Å²) in [5, 5.41) is 19.8. The number of nitrogen functional groups attached to an aromatic ring is 1. The molecule has 2 atom stereocenters. The van der Waals surface area contributed by atoms with E-state index in [1.54, 1.807) is 0 Å². The van der Waals surface area contributed by atoms with Crippen molar-refractivity contribution < 1.29 is 15.0 Å². The van der Waals surface area contributed by atoms with E-state index in [0.717, 1.165) is 11.8 Å². The van der Waals surface area contributed by atoms with Crippen molar-refractivity contribution in [2.24, 2.45) is 0 Å². The highest BCUT2D eigenvalue weighted by atomic mass is 35.5. The molecule has 100 valence electrons.